The number of nitrogens with one attached hydrogen (secondary N) is 1. The summed E-state index contributed by atoms with van der Waals surface area (Å²) in [6, 6.07) is 5.52. The van der Waals surface area contributed by atoms with E-state index in [0.717, 1.165) is 0 Å². The summed E-state index contributed by atoms with van der Waals surface area (Å²) in [6.07, 6.45) is 1.30. The van der Waals surface area contributed by atoms with Gasteiger partial charge in [-0.2, -0.15) is 0 Å². The Bertz CT molecular complexity index is 811. The third-order valence-electron chi connectivity index (χ3n) is 2.71. The maximum absolute atomic E-state index is 12.3. The number of hydrogen-bond donors (Lipinski definition) is 1. The number of anilines is 1. The van der Waals surface area contributed by atoms with Gasteiger partial charge < -0.3 is 9.47 Å². The van der Waals surface area contributed by atoms with Crippen LogP contribution in [0.25, 0.3) is 0 Å². The van der Waals surface area contributed by atoms with Crippen molar-refractivity contribution in [2.45, 2.75) is 4.90 Å². The summed E-state index contributed by atoms with van der Waals surface area (Å²) < 4.78 is 37.3. The number of ether oxygens (including phenoxy) is 2. The van der Waals surface area contributed by atoms with E-state index in [1.807, 2.05) is 0 Å². The summed E-state index contributed by atoms with van der Waals surface area (Å²) in [4.78, 5) is 3.72. The molecule has 1 aromatic heterocycles. The molecule has 3 rings (SSSR count). The minimum Gasteiger partial charge on any atom is -0.454 e. The molecule has 0 saturated heterocycles. The van der Waals surface area contributed by atoms with E-state index in [0.29, 0.717) is 11.5 Å². The number of rotatable bonds is 3. The zero-order valence-electron chi connectivity index (χ0n) is 10.3. The largest absolute Gasteiger partial charge is 0.454 e. The molecule has 0 saturated carbocycles. The van der Waals surface area contributed by atoms with Gasteiger partial charge in [-0.3, -0.25) is 4.72 Å². The third-order valence-corrected chi connectivity index (χ3v) is 4.60. The standard InChI is InChI=1S/C12H8Cl2N2O4S/c13-8-4-10-11(20-6-19-10)5-9(8)16-21(17,18)7-1-2-15-12(14)3-7/h1-5,16H,6H2. The van der Waals surface area contributed by atoms with Gasteiger partial charge in [-0.15, -0.1) is 0 Å². The first-order valence-corrected chi connectivity index (χ1v) is 7.93. The Morgan fingerprint density at radius 1 is 1.14 bits per heavy atom. The second kappa shape index (κ2) is 5.25. The lowest BCUT2D eigenvalue weighted by Gasteiger charge is -2.10. The van der Waals surface area contributed by atoms with Crippen LogP contribution in [-0.2, 0) is 10.0 Å². The number of halogens is 2. The molecule has 2 heterocycles. The second-order valence-electron chi connectivity index (χ2n) is 4.11. The second-order valence-corrected chi connectivity index (χ2v) is 6.58. The molecule has 1 N–H and O–H groups in total. The molecule has 1 aromatic carbocycles. The van der Waals surface area contributed by atoms with Crippen LogP contribution in [0.5, 0.6) is 11.5 Å². The predicted octanol–water partition coefficient (Wildman–Crippen LogP) is 2.92. The topological polar surface area (TPSA) is 77.5 Å². The van der Waals surface area contributed by atoms with Crippen molar-refractivity contribution in [1.29, 1.82) is 0 Å². The van der Waals surface area contributed by atoms with E-state index in [-0.39, 0.29) is 27.6 Å². The lowest BCUT2D eigenvalue weighted by atomic mass is 10.3. The number of sulfonamides is 1. The molecule has 0 radical (unpaired) electrons. The molecule has 0 unspecified atom stereocenters. The Labute approximate surface area is 130 Å². The van der Waals surface area contributed by atoms with Crippen LogP contribution >= 0.6 is 23.2 Å². The summed E-state index contributed by atoms with van der Waals surface area (Å²) in [5, 5.41) is 0.276. The first kappa shape index (κ1) is 14.2. The Morgan fingerprint density at radius 2 is 1.86 bits per heavy atom. The summed E-state index contributed by atoms with van der Waals surface area (Å²) in [6.45, 7) is 0.0713. The van der Waals surface area contributed by atoms with Crippen molar-refractivity contribution >= 4 is 38.9 Å². The zero-order valence-corrected chi connectivity index (χ0v) is 12.7. The van der Waals surface area contributed by atoms with Crippen LogP contribution in [0.3, 0.4) is 0 Å². The van der Waals surface area contributed by atoms with Crippen molar-refractivity contribution in [3.8, 4) is 11.5 Å². The Kier molecular flexibility index (Phi) is 3.56. The van der Waals surface area contributed by atoms with Gasteiger partial charge in [-0.05, 0) is 12.1 Å². The molecule has 0 spiro atoms. The molecule has 0 bridgehead atoms. The van der Waals surface area contributed by atoms with Gasteiger partial charge >= 0.3 is 0 Å². The molecule has 0 amide bonds. The van der Waals surface area contributed by atoms with Gasteiger partial charge in [0.15, 0.2) is 11.5 Å². The molecule has 6 nitrogen and oxygen atoms in total. The average molecular weight is 347 g/mol. The third kappa shape index (κ3) is 2.85. The number of nitrogens with zero attached hydrogens (tertiary/aromatic N) is 1. The Hall–Kier alpha value is -1.70. The van der Waals surface area contributed by atoms with Gasteiger partial charge in [0.25, 0.3) is 10.0 Å². The zero-order chi connectivity index (χ0) is 15.0. The molecular formula is C12H8Cl2N2O4S. The van der Waals surface area contributed by atoms with Crippen LogP contribution in [0.4, 0.5) is 5.69 Å². The number of fused-ring (bicyclic) bond motifs is 1. The van der Waals surface area contributed by atoms with Gasteiger partial charge in [-0.25, -0.2) is 13.4 Å². The average Bonchev–Trinajstić information content (AvgIpc) is 2.86. The lowest BCUT2D eigenvalue weighted by Crippen LogP contribution is -2.13. The molecule has 0 fully saturated rings. The van der Waals surface area contributed by atoms with E-state index < -0.39 is 10.0 Å². The monoisotopic (exact) mass is 346 g/mol. The SMILES string of the molecule is O=S(=O)(Nc1cc2c(cc1Cl)OCO2)c1ccnc(Cl)c1. The van der Waals surface area contributed by atoms with Crippen molar-refractivity contribution in [3.63, 3.8) is 0 Å². The van der Waals surface area contributed by atoms with E-state index in [2.05, 4.69) is 9.71 Å². The Balaban J connectivity index is 1.96. The van der Waals surface area contributed by atoms with Gasteiger partial charge in [0.1, 0.15) is 5.15 Å². The van der Waals surface area contributed by atoms with E-state index in [1.165, 1.54) is 30.5 Å². The first-order chi connectivity index (χ1) is 9.95. The molecule has 1 aliphatic heterocycles. The minimum atomic E-state index is -3.83. The fourth-order valence-electron chi connectivity index (χ4n) is 1.75. The molecular weight excluding hydrogens is 339 g/mol. The van der Waals surface area contributed by atoms with Crippen LogP contribution in [0.2, 0.25) is 10.2 Å². The number of aromatic nitrogens is 1. The van der Waals surface area contributed by atoms with Crippen molar-refractivity contribution < 1.29 is 17.9 Å². The quantitative estimate of drug-likeness (QED) is 0.864. The lowest BCUT2D eigenvalue weighted by molar-refractivity contribution is 0.174. The maximum atomic E-state index is 12.3. The van der Waals surface area contributed by atoms with E-state index in [1.54, 1.807) is 0 Å². The van der Waals surface area contributed by atoms with E-state index in [9.17, 15) is 8.42 Å². The molecule has 110 valence electrons. The Morgan fingerprint density at radius 3 is 2.57 bits per heavy atom. The molecule has 2 aromatic rings. The maximum Gasteiger partial charge on any atom is 0.262 e. The summed E-state index contributed by atoms with van der Waals surface area (Å²) in [5.74, 6) is 0.889. The highest BCUT2D eigenvalue weighted by Crippen LogP contribution is 2.39. The van der Waals surface area contributed by atoms with E-state index in [4.69, 9.17) is 32.7 Å². The minimum absolute atomic E-state index is 0.0174. The van der Waals surface area contributed by atoms with Crippen molar-refractivity contribution in [2.24, 2.45) is 0 Å². The van der Waals surface area contributed by atoms with E-state index >= 15 is 0 Å². The smallest absolute Gasteiger partial charge is 0.262 e. The van der Waals surface area contributed by atoms with Crippen molar-refractivity contribution in [2.75, 3.05) is 11.5 Å². The fourth-order valence-corrected chi connectivity index (χ4v) is 3.33. The number of pyridine rings is 1. The van der Waals surface area contributed by atoms with Gasteiger partial charge in [0.05, 0.1) is 15.6 Å². The number of benzene rings is 1. The molecule has 21 heavy (non-hydrogen) atoms. The highest BCUT2D eigenvalue weighted by molar-refractivity contribution is 7.92. The first-order valence-electron chi connectivity index (χ1n) is 5.69. The van der Waals surface area contributed by atoms with Crippen LogP contribution in [0.1, 0.15) is 0 Å². The van der Waals surface area contributed by atoms with Crippen LogP contribution < -0.4 is 14.2 Å². The highest BCUT2D eigenvalue weighted by atomic mass is 35.5. The van der Waals surface area contributed by atoms with Crippen LogP contribution in [-0.4, -0.2) is 20.2 Å². The summed E-state index contributed by atoms with van der Waals surface area (Å²) in [5.41, 5.74) is 0.189. The predicted molar refractivity (Wildman–Crippen MR) is 77.6 cm³/mol. The normalized spacial score (nSPS) is 13.2. The van der Waals surface area contributed by atoms with Gasteiger partial charge in [0.2, 0.25) is 6.79 Å². The molecule has 1 aliphatic rings. The summed E-state index contributed by atoms with van der Waals surface area (Å²) in [7, 11) is -3.83. The van der Waals surface area contributed by atoms with Gasteiger partial charge in [-0.1, -0.05) is 23.2 Å². The van der Waals surface area contributed by atoms with Crippen LogP contribution in [0, 0.1) is 0 Å². The summed E-state index contributed by atoms with van der Waals surface area (Å²) >= 11 is 11.7. The van der Waals surface area contributed by atoms with Gasteiger partial charge in [0, 0.05) is 18.3 Å². The van der Waals surface area contributed by atoms with Crippen LogP contribution in [0.15, 0.2) is 35.4 Å². The molecule has 9 heteroatoms. The number of hydrogen-bond acceptors (Lipinski definition) is 5. The fraction of sp³-hybridized carbons (Fsp3) is 0.0833. The molecule has 0 atom stereocenters. The van der Waals surface area contributed by atoms with Crippen molar-refractivity contribution in [3.05, 3.63) is 40.6 Å². The van der Waals surface area contributed by atoms with Crippen molar-refractivity contribution in [1.82, 2.24) is 4.98 Å². The highest BCUT2D eigenvalue weighted by Gasteiger charge is 2.21. The molecule has 0 aliphatic carbocycles.